The Morgan fingerprint density at radius 2 is 1.53 bits per heavy atom. The molecule has 1 aliphatic carbocycles. The van der Waals surface area contributed by atoms with Gasteiger partial charge in [-0.3, -0.25) is 4.79 Å². The monoisotopic (exact) mass is 598 g/mol. The zero-order chi connectivity index (χ0) is 31.3. The normalized spacial score (nSPS) is 25.5. The van der Waals surface area contributed by atoms with Gasteiger partial charge in [0.15, 0.2) is 23.0 Å². The van der Waals surface area contributed by atoms with Crippen molar-refractivity contribution in [3.63, 3.8) is 0 Å². The highest BCUT2D eigenvalue weighted by molar-refractivity contribution is 5.89. The third kappa shape index (κ3) is 5.37. The molecular weight excluding hydrogens is 558 g/mol. The number of ether oxygens (including phenoxy) is 5. The number of hydrogen-bond acceptors (Lipinski definition) is 10. The maximum atomic E-state index is 14.1. The van der Waals surface area contributed by atoms with E-state index in [9.17, 15) is 20.2 Å². The lowest BCUT2D eigenvalue weighted by Gasteiger charge is -2.47. The van der Waals surface area contributed by atoms with Crippen molar-refractivity contribution in [2.24, 2.45) is 16.9 Å². The highest BCUT2D eigenvalue weighted by Gasteiger charge is 2.48. The number of methoxy groups -OCH3 is 3. The molecule has 4 atom stereocenters. The molecule has 0 spiro atoms. The summed E-state index contributed by atoms with van der Waals surface area (Å²) in [6.07, 6.45) is -0.434. The number of nitrogens with zero attached hydrogens (tertiary/aromatic N) is 2. The van der Waals surface area contributed by atoms with E-state index in [0.29, 0.717) is 64.0 Å². The molecule has 1 radical (unpaired) electrons. The number of rotatable bonds is 7. The summed E-state index contributed by atoms with van der Waals surface area (Å²) >= 11 is 0. The number of piperidine rings is 1. The largest absolute Gasteiger partial charge is 0.493 e. The summed E-state index contributed by atoms with van der Waals surface area (Å²) in [6, 6.07) is 6.98. The first-order valence-electron chi connectivity index (χ1n) is 14.2. The molecule has 2 aliphatic heterocycles. The Morgan fingerprint density at radius 3 is 2.05 bits per heavy atom. The van der Waals surface area contributed by atoms with Gasteiger partial charge in [-0.15, -0.1) is 10.3 Å². The van der Waals surface area contributed by atoms with Crippen LogP contribution in [0.25, 0.3) is 0 Å². The van der Waals surface area contributed by atoms with E-state index in [2.05, 4.69) is 10.5 Å². The van der Waals surface area contributed by atoms with E-state index >= 15 is 0 Å². The quantitative estimate of drug-likeness (QED) is 0.408. The number of hydrogen-bond donors (Lipinski definition) is 3. The molecule has 1 amide bonds. The third-order valence-electron chi connectivity index (χ3n) is 8.71. The standard InChI is InChI=1S/C31H40N3O9/c1-30(2)12-17(13-31(3,4)34(30)38)32-33-29(37)26-20(14-35)27(36)19-11-22-21(42-15-43-22)10-18(19)25(26)16-8-23(39-5)28(41-7)24(9-16)40-6/h8-11,20,25-27,35-36H,12-15H2,1-7H3,(H,33,37)/t20-,25-,26-,27-/m1/s1. The molecular formula is C31H40N3O9. The highest BCUT2D eigenvalue weighted by Crippen LogP contribution is 2.53. The molecule has 233 valence electrons. The molecule has 3 aliphatic rings. The Morgan fingerprint density at radius 1 is 0.977 bits per heavy atom. The SMILES string of the molecule is COc1cc([C@@H]2c3cc4c(cc3[C@@H](O)[C@H](CO)[C@H]2C(=O)NN=C2CC(C)(C)N([O])C(C)(C)C2)OCO4)cc(OC)c1OC. The van der Waals surface area contributed by atoms with Gasteiger partial charge < -0.3 is 33.9 Å². The topological polar surface area (TPSA) is 151 Å². The fourth-order valence-electron chi connectivity index (χ4n) is 6.91. The van der Waals surface area contributed by atoms with Crippen LogP contribution in [0.5, 0.6) is 28.7 Å². The summed E-state index contributed by atoms with van der Waals surface area (Å²) in [7, 11) is 4.51. The minimum Gasteiger partial charge on any atom is -0.493 e. The summed E-state index contributed by atoms with van der Waals surface area (Å²) < 4.78 is 28.0. The van der Waals surface area contributed by atoms with Crippen molar-refractivity contribution >= 4 is 11.6 Å². The summed E-state index contributed by atoms with van der Waals surface area (Å²) in [4.78, 5) is 14.1. The maximum Gasteiger partial charge on any atom is 0.244 e. The molecule has 12 nitrogen and oxygen atoms in total. The van der Waals surface area contributed by atoms with E-state index in [1.807, 2.05) is 27.7 Å². The second-order valence-corrected chi connectivity index (χ2v) is 12.5. The lowest BCUT2D eigenvalue weighted by Crippen LogP contribution is -2.58. The number of fused-ring (bicyclic) bond motifs is 2. The molecule has 0 unspecified atom stereocenters. The van der Waals surface area contributed by atoms with Crippen LogP contribution >= 0.6 is 0 Å². The fourth-order valence-corrected chi connectivity index (χ4v) is 6.91. The third-order valence-corrected chi connectivity index (χ3v) is 8.71. The average Bonchev–Trinajstić information content (AvgIpc) is 3.44. The summed E-state index contributed by atoms with van der Waals surface area (Å²) in [6.45, 7) is 6.94. The summed E-state index contributed by atoms with van der Waals surface area (Å²) in [5, 5.41) is 40.5. The van der Waals surface area contributed by atoms with Crippen LogP contribution in [-0.2, 0) is 10.0 Å². The Hall–Kier alpha value is -3.58. The van der Waals surface area contributed by atoms with Gasteiger partial charge in [-0.2, -0.15) is 5.10 Å². The molecule has 43 heavy (non-hydrogen) atoms. The van der Waals surface area contributed by atoms with Gasteiger partial charge in [0.25, 0.3) is 0 Å². The predicted octanol–water partition coefficient (Wildman–Crippen LogP) is 3.32. The van der Waals surface area contributed by atoms with Crippen molar-refractivity contribution in [1.29, 1.82) is 0 Å². The van der Waals surface area contributed by atoms with E-state index in [-0.39, 0.29) is 6.79 Å². The van der Waals surface area contributed by atoms with Crippen molar-refractivity contribution in [1.82, 2.24) is 10.5 Å². The lowest BCUT2D eigenvalue weighted by molar-refractivity contribution is -0.273. The number of carbonyl (C=O) groups is 1. The smallest absolute Gasteiger partial charge is 0.244 e. The number of hydroxylamine groups is 2. The van der Waals surface area contributed by atoms with Gasteiger partial charge >= 0.3 is 0 Å². The number of carbonyl (C=O) groups excluding carboxylic acids is 1. The number of hydrazone groups is 1. The fraction of sp³-hybridized carbons (Fsp3) is 0.548. The molecule has 5 rings (SSSR count). The molecule has 1 saturated heterocycles. The van der Waals surface area contributed by atoms with Crippen molar-refractivity contribution in [2.75, 3.05) is 34.7 Å². The highest BCUT2D eigenvalue weighted by atomic mass is 16.7. The zero-order valence-electron chi connectivity index (χ0n) is 25.6. The maximum absolute atomic E-state index is 14.1. The van der Waals surface area contributed by atoms with Crippen LogP contribution in [0.1, 0.15) is 69.2 Å². The van der Waals surface area contributed by atoms with Gasteiger partial charge in [-0.05, 0) is 68.7 Å². The number of aliphatic hydroxyl groups is 2. The first kappa shape index (κ1) is 30.9. The predicted molar refractivity (Wildman–Crippen MR) is 155 cm³/mol. The second-order valence-electron chi connectivity index (χ2n) is 12.5. The molecule has 1 fully saturated rings. The summed E-state index contributed by atoms with van der Waals surface area (Å²) in [5.74, 6) is -0.923. The molecule has 12 heteroatoms. The summed E-state index contributed by atoms with van der Waals surface area (Å²) in [5.41, 5.74) is 3.77. The van der Waals surface area contributed by atoms with Crippen molar-refractivity contribution < 1.29 is 43.9 Å². The lowest BCUT2D eigenvalue weighted by atomic mass is 9.65. The van der Waals surface area contributed by atoms with E-state index in [1.54, 1.807) is 24.3 Å². The number of benzene rings is 2. The van der Waals surface area contributed by atoms with Crippen molar-refractivity contribution in [2.45, 2.75) is 63.6 Å². The molecule has 0 aromatic heterocycles. The molecule has 2 heterocycles. The Kier molecular flexibility index (Phi) is 8.25. The Balaban J connectivity index is 1.63. The molecule has 2 aromatic rings. The molecule has 2 aromatic carbocycles. The minimum absolute atomic E-state index is 0.0293. The van der Waals surface area contributed by atoms with Gasteiger partial charge in [-0.1, -0.05) is 0 Å². The first-order chi connectivity index (χ1) is 20.4. The van der Waals surface area contributed by atoms with E-state index in [0.717, 1.165) is 5.06 Å². The second kappa shape index (κ2) is 11.5. The van der Waals surface area contributed by atoms with Crippen LogP contribution < -0.4 is 29.1 Å². The zero-order valence-corrected chi connectivity index (χ0v) is 25.6. The molecule has 3 N–H and O–H groups in total. The number of nitrogens with one attached hydrogen (secondary N) is 1. The number of amides is 1. The van der Waals surface area contributed by atoms with Crippen LogP contribution in [0.4, 0.5) is 0 Å². The molecule has 0 saturated carbocycles. The van der Waals surface area contributed by atoms with Gasteiger partial charge in [0.05, 0.1) is 33.4 Å². The Labute approximate surface area is 251 Å². The van der Waals surface area contributed by atoms with E-state index in [1.165, 1.54) is 21.3 Å². The van der Waals surface area contributed by atoms with Crippen LogP contribution in [0.2, 0.25) is 0 Å². The van der Waals surface area contributed by atoms with Crippen LogP contribution in [0.3, 0.4) is 0 Å². The van der Waals surface area contributed by atoms with Gasteiger partial charge in [0.1, 0.15) is 0 Å². The molecule has 0 bridgehead atoms. The minimum atomic E-state index is -1.18. The van der Waals surface area contributed by atoms with E-state index in [4.69, 9.17) is 23.7 Å². The van der Waals surface area contributed by atoms with Crippen LogP contribution in [0, 0.1) is 11.8 Å². The first-order valence-corrected chi connectivity index (χ1v) is 14.2. The van der Waals surface area contributed by atoms with Crippen molar-refractivity contribution in [3.05, 3.63) is 41.0 Å². The van der Waals surface area contributed by atoms with Crippen LogP contribution in [0.15, 0.2) is 29.4 Å². The number of aliphatic hydroxyl groups excluding tert-OH is 2. The average molecular weight is 599 g/mol. The van der Waals surface area contributed by atoms with Gasteiger partial charge in [0.2, 0.25) is 18.4 Å². The van der Waals surface area contributed by atoms with E-state index < -0.39 is 47.4 Å². The van der Waals surface area contributed by atoms with Gasteiger partial charge in [-0.25, -0.2) is 5.43 Å². The van der Waals surface area contributed by atoms with Crippen LogP contribution in [-0.4, -0.2) is 72.7 Å². The Bertz CT molecular complexity index is 1380. The van der Waals surface area contributed by atoms with Crippen molar-refractivity contribution in [3.8, 4) is 28.7 Å². The van der Waals surface area contributed by atoms with Gasteiger partial charge in [0, 0.05) is 48.1 Å².